The Kier molecular flexibility index (Phi) is 3.12. The number of furan rings is 1. The third-order valence-corrected chi connectivity index (χ3v) is 2.93. The SMILES string of the molecule is NC[C@H](O)c1cc(Br)c(Br)o1. The van der Waals surface area contributed by atoms with Crippen molar-refractivity contribution in [1.82, 2.24) is 0 Å². The van der Waals surface area contributed by atoms with Crippen LogP contribution in [0.5, 0.6) is 0 Å². The topological polar surface area (TPSA) is 59.4 Å². The molecule has 5 heteroatoms. The molecule has 0 spiro atoms. The molecular formula is C6H7Br2NO2. The van der Waals surface area contributed by atoms with E-state index in [1.54, 1.807) is 6.07 Å². The molecule has 0 saturated carbocycles. The van der Waals surface area contributed by atoms with Gasteiger partial charge in [-0.1, -0.05) is 0 Å². The quantitative estimate of drug-likeness (QED) is 0.871. The van der Waals surface area contributed by atoms with Gasteiger partial charge < -0.3 is 15.3 Å². The van der Waals surface area contributed by atoms with Gasteiger partial charge in [0, 0.05) is 6.54 Å². The summed E-state index contributed by atoms with van der Waals surface area (Å²) >= 11 is 6.37. The second-order valence-electron chi connectivity index (χ2n) is 2.02. The maximum Gasteiger partial charge on any atom is 0.183 e. The fourth-order valence-electron chi connectivity index (χ4n) is 0.644. The summed E-state index contributed by atoms with van der Waals surface area (Å²) in [4.78, 5) is 0. The van der Waals surface area contributed by atoms with Gasteiger partial charge in [0.1, 0.15) is 11.9 Å². The summed E-state index contributed by atoms with van der Waals surface area (Å²) in [7, 11) is 0. The Bertz CT molecular complexity index is 229. The maximum atomic E-state index is 9.21. The normalized spacial score (nSPS) is 13.5. The molecule has 3 nitrogen and oxygen atoms in total. The van der Waals surface area contributed by atoms with Crippen LogP contribution in [-0.4, -0.2) is 11.7 Å². The summed E-state index contributed by atoms with van der Waals surface area (Å²) in [5.41, 5.74) is 5.22. The van der Waals surface area contributed by atoms with Gasteiger partial charge in [-0.2, -0.15) is 0 Å². The Hall–Kier alpha value is 0.160. The van der Waals surface area contributed by atoms with E-state index in [2.05, 4.69) is 31.9 Å². The summed E-state index contributed by atoms with van der Waals surface area (Å²) in [5.74, 6) is 0.464. The van der Waals surface area contributed by atoms with Gasteiger partial charge in [0.25, 0.3) is 0 Å². The highest BCUT2D eigenvalue weighted by Gasteiger charge is 2.12. The second kappa shape index (κ2) is 3.71. The second-order valence-corrected chi connectivity index (χ2v) is 3.60. The molecular weight excluding hydrogens is 278 g/mol. The molecule has 62 valence electrons. The van der Waals surface area contributed by atoms with Crippen LogP contribution in [0.2, 0.25) is 0 Å². The van der Waals surface area contributed by atoms with Gasteiger partial charge in [-0.15, -0.1) is 0 Å². The van der Waals surface area contributed by atoms with Crippen LogP contribution in [0.4, 0.5) is 0 Å². The summed E-state index contributed by atoms with van der Waals surface area (Å²) in [6.45, 7) is 0.159. The average molecular weight is 285 g/mol. The largest absolute Gasteiger partial charge is 0.450 e. The molecule has 0 aliphatic rings. The first-order valence-corrected chi connectivity index (χ1v) is 4.56. The molecule has 0 aromatic carbocycles. The van der Waals surface area contributed by atoms with Gasteiger partial charge in [0.05, 0.1) is 4.47 Å². The smallest absolute Gasteiger partial charge is 0.183 e. The fourth-order valence-corrected chi connectivity index (χ4v) is 1.25. The first-order valence-electron chi connectivity index (χ1n) is 2.98. The summed E-state index contributed by atoms with van der Waals surface area (Å²) < 4.78 is 6.45. The van der Waals surface area contributed by atoms with Gasteiger partial charge in [-0.3, -0.25) is 0 Å². The van der Waals surface area contributed by atoms with Crippen molar-refractivity contribution in [3.63, 3.8) is 0 Å². The van der Waals surface area contributed by atoms with Crippen LogP contribution >= 0.6 is 31.9 Å². The number of halogens is 2. The lowest BCUT2D eigenvalue weighted by Crippen LogP contribution is -2.10. The standard InChI is InChI=1S/C6H7Br2NO2/c7-3-1-5(4(10)2-9)11-6(3)8/h1,4,10H,2,9H2/t4-/m0/s1. The summed E-state index contributed by atoms with van der Waals surface area (Å²) in [6, 6.07) is 1.68. The molecule has 1 aromatic heterocycles. The lowest BCUT2D eigenvalue weighted by molar-refractivity contribution is 0.156. The maximum absolute atomic E-state index is 9.21. The Morgan fingerprint density at radius 1 is 1.64 bits per heavy atom. The molecule has 1 rings (SSSR count). The predicted octanol–water partition coefficient (Wildman–Crippen LogP) is 1.80. The van der Waals surface area contributed by atoms with Crippen LogP contribution in [0.1, 0.15) is 11.9 Å². The van der Waals surface area contributed by atoms with Crippen LogP contribution in [0.25, 0.3) is 0 Å². The van der Waals surface area contributed by atoms with Crippen LogP contribution in [0.3, 0.4) is 0 Å². The molecule has 0 bridgehead atoms. The zero-order valence-electron chi connectivity index (χ0n) is 5.55. The Morgan fingerprint density at radius 2 is 2.27 bits per heavy atom. The molecule has 1 aromatic rings. The molecule has 0 amide bonds. The molecule has 0 aliphatic carbocycles. The van der Waals surface area contributed by atoms with E-state index in [1.165, 1.54) is 0 Å². The molecule has 0 radical (unpaired) electrons. The lowest BCUT2D eigenvalue weighted by atomic mass is 10.3. The first-order chi connectivity index (χ1) is 5.15. The summed E-state index contributed by atoms with van der Waals surface area (Å²) in [5, 5.41) is 9.21. The Labute approximate surface area is 80.8 Å². The van der Waals surface area contributed by atoms with E-state index in [0.29, 0.717) is 10.4 Å². The monoisotopic (exact) mass is 283 g/mol. The number of aliphatic hydroxyl groups is 1. The van der Waals surface area contributed by atoms with Crippen molar-refractivity contribution in [2.24, 2.45) is 5.73 Å². The Balaban J connectivity index is 2.88. The highest BCUT2D eigenvalue weighted by atomic mass is 79.9. The highest BCUT2D eigenvalue weighted by molar-refractivity contribution is 9.13. The van der Waals surface area contributed by atoms with E-state index < -0.39 is 6.10 Å². The fraction of sp³-hybridized carbons (Fsp3) is 0.333. The zero-order chi connectivity index (χ0) is 8.43. The molecule has 0 aliphatic heterocycles. The van der Waals surface area contributed by atoms with E-state index in [4.69, 9.17) is 10.2 Å². The van der Waals surface area contributed by atoms with Crippen LogP contribution in [-0.2, 0) is 0 Å². The van der Waals surface area contributed by atoms with Gasteiger partial charge in [-0.25, -0.2) is 0 Å². The van der Waals surface area contributed by atoms with Gasteiger partial charge in [-0.05, 0) is 37.9 Å². The molecule has 1 heterocycles. The van der Waals surface area contributed by atoms with Crippen LogP contribution in [0, 0.1) is 0 Å². The molecule has 1 atom stereocenters. The van der Waals surface area contributed by atoms with Crippen LogP contribution < -0.4 is 5.73 Å². The first kappa shape index (κ1) is 9.25. The summed E-state index contributed by atoms with van der Waals surface area (Å²) in [6.07, 6.45) is -0.724. The van der Waals surface area contributed by atoms with Gasteiger partial charge >= 0.3 is 0 Å². The van der Waals surface area contributed by atoms with Crippen molar-refractivity contribution < 1.29 is 9.52 Å². The average Bonchev–Trinajstić information content (AvgIpc) is 2.31. The third kappa shape index (κ3) is 2.05. The minimum atomic E-state index is -0.724. The van der Waals surface area contributed by atoms with E-state index in [9.17, 15) is 5.11 Å². The molecule has 3 N–H and O–H groups in total. The highest BCUT2D eigenvalue weighted by Crippen LogP contribution is 2.29. The van der Waals surface area contributed by atoms with Crippen molar-refractivity contribution in [3.05, 3.63) is 21.0 Å². The molecule has 0 saturated heterocycles. The predicted molar refractivity (Wildman–Crippen MR) is 48.1 cm³/mol. The van der Waals surface area contributed by atoms with Crippen LogP contribution in [0.15, 0.2) is 19.6 Å². The van der Waals surface area contributed by atoms with Gasteiger partial charge in [0.2, 0.25) is 0 Å². The third-order valence-electron chi connectivity index (χ3n) is 1.22. The zero-order valence-corrected chi connectivity index (χ0v) is 8.72. The van der Waals surface area contributed by atoms with E-state index >= 15 is 0 Å². The Morgan fingerprint density at radius 3 is 2.64 bits per heavy atom. The van der Waals surface area contributed by atoms with E-state index in [0.717, 1.165) is 4.47 Å². The number of rotatable bonds is 2. The number of hydrogen-bond acceptors (Lipinski definition) is 3. The molecule has 0 fully saturated rings. The number of hydrogen-bond donors (Lipinski definition) is 2. The van der Waals surface area contributed by atoms with Crippen molar-refractivity contribution in [1.29, 1.82) is 0 Å². The molecule has 0 unspecified atom stereocenters. The van der Waals surface area contributed by atoms with E-state index in [1.807, 2.05) is 0 Å². The van der Waals surface area contributed by atoms with Crippen molar-refractivity contribution in [2.45, 2.75) is 6.10 Å². The van der Waals surface area contributed by atoms with Gasteiger partial charge in [0.15, 0.2) is 4.67 Å². The lowest BCUT2D eigenvalue weighted by Gasteiger charge is -2.00. The number of nitrogens with two attached hydrogens (primary N) is 1. The minimum Gasteiger partial charge on any atom is -0.450 e. The number of aliphatic hydroxyl groups excluding tert-OH is 1. The van der Waals surface area contributed by atoms with Crippen molar-refractivity contribution in [2.75, 3.05) is 6.54 Å². The van der Waals surface area contributed by atoms with E-state index in [-0.39, 0.29) is 6.54 Å². The van der Waals surface area contributed by atoms with Crippen molar-refractivity contribution >= 4 is 31.9 Å². The van der Waals surface area contributed by atoms with Crippen molar-refractivity contribution in [3.8, 4) is 0 Å². The molecule has 11 heavy (non-hydrogen) atoms. The minimum absolute atomic E-state index is 0.159.